The van der Waals surface area contributed by atoms with Crippen LogP contribution in [0, 0.1) is 5.92 Å². The average Bonchev–Trinajstić information content (AvgIpc) is 2.54. The van der Waals surface area contributed by atoms with Crippen LogP contribution in [0.4, 0.5) is 0 Å². The third-order valence-electron chi connectivity index (χ3n) is 4.66. The molecule has 2 atom stereocenters. The maximum atomic E-state index is 11.9. The number of rotatable bonds is 4. The first-order chi connectivity index (χ1) is 11.1. The van der Waals surface area contributed by atoms with Gasteiger partial charge in [-0.15, -0.1) is 0 Å². The van der Waals surface area contributed by atoms with Gasteiger partial charge in [0.15, 0.2) is 0 Å². The average molecular weight is 317 g/mol. The Balaban J connectivity index is 1.89. The fourth-order valence-corrected chi connectivity index (χ4v) is 3.34. The molecule has 5 heteroatoms. The van der Waals surface area contributed by atoms with Gasteiger partial charge in [0.1, 0.15) is 11.3 Å². The summed E-state index contributed by atoms with van der Waals surface area (Å²) in [4.78, 5) is 14.2. The summed E-state index contributed by atoms with van der Waals surface area (Å²) < 4.78 is 10.5. The highest BCUT2D eigenvalue weighted by molar-refractivity contribution is 5.81. The number of ether oxygens (including phenoxy) is 1. The Labute approximate surface area is 135 Å². The molecule has 124 valence electrons. The highest BCUT2D eigenvalue weighted by Gasteiger charge is 2.24. The van der Waals surface area contributed by atoms with Gasteiger partial charge in [0.25, 0.3) is 0 Å². The number of aliphatic hydroxyl groups is 1. The molecule has 2 aromatic rings. The molecule has 5 nitrogen and oxygen atoms in total. The van der Waals surface area contributed by atoms with Gasteiger partial charge >= 0.3 is 5.63 Å². The summed E-state index contributed by atoms with van der Waals surface area (Å²) in [6.45, 7) is 4.39. The van der Waals surface area contributed by atoms with Gasteiger partial charge in [0.2, 0.25) is 0 Å². The largest absolute Gasteiger partial charge is 0.497 e. The van der Waals surface area contributed by atoms with Gasteiger partial charge in [0, 0.05) is 30.6 Å². The zero-order valence-corrected chi connectivity index (χ0v) is 13.6. The predicted octanol–water partition coefficient (Wildman–Crippen LogP) is 2.39. The zero-order chi connectivity index (χ0) is 16.4. The van der Waals surface area contributed by atoms with E-state index in [0.717, 1.165) is 36.9 Å². The maximum Gasteiger partial charge on any atom is 0.336 e. The standard InChI is InChI=1S/C18H23NO4/c1-12(20)13-4-3-7-19(10-13)11-14-8-18(21)23-17-9-15(22-2)5-6-16(14)17/h5-6,8-9,12-13,20H,3-4,7,10-11H2,1-2H3. The van der Waals surface area contributed by atoms with E-state index >= 15 is 0 Å². The fourth-order valence-electron chi connectivity index (χ4n) is 3.34. The van der Waals surface area contributed by atoms with E-state index in [1.165, 1.54) is 0 Å². The van der Waals surface area contributed by atoms with E-state index in [9.17, 15) is 9.90 Å². The Morgan fingerprint density at radius 2 is 2.26 bits per heavy atom. The van der Waals surface area contributed by atoms with Crippen molar-refractivity contribution in [3.63, 3.8) is 0 Å². The van der Waals surface area contributed by atoms with Gasteiger partial charge in [-0.25, -0.2) is 4.79 Å². The highest BCUT2D eigenvalue weighted by atomic mass is 16.5. The number of benzene rings is 1. The molecular weight excluding hydrogens is 294 g/mol. The summed E-state index contributed by atoms with van der Waals surface area (Å²) in [5, 5.41) is 10.8. The molecule has 0 bridgehead atoms. The van der Waals surface area contributed by atoms with Crippen molar-refractivity contribution >= 4 is 11.0 Å². The number of nitrogens with zero attached hydrogens (tertiary/aromatic N) is 1. The first-order valence-electron chi connectivity index (χ1n) is 8.08. The Kier molecular flexibility index (Phi) is 4.68. The van der Waals surface area contributed by atoms with Crippen LogP contribution in [0.3, 0.4) is 0 Å². The number of hydrogen-bond acceptors (Lipinski definition) is 5. The van der Waals surface area contributed by atoms with Crippen LogP contribution in [0.2, 0.25) is 0 Å². The van der Waals surface area contributed by atoms with Crippen LogP contribution in [-0.4, -0.2) is 36.3 Å². The highest BCUT2D eigenvalue weighted by Crippen LogP contribution is 2.26. The Morgan fingerprint density at radius 3 is 3.00 bits per heavy atom. The summed E-state index contributed by atoms with van der Waals surface area (Å²) in [7, 11) is 1.59. The second-order valence-corrected chi connectivity index (χ2v) is 6.33. The minimum absolute atomic E-state index is 0.292. The summed E-state index contributed by atoms with van der Waals surface area (Å²) in [5.41, 5.74) is 1.17. The SMILES string of the molecule is COc1ccc2c(CN3CCCC(C(C)O)C3)cc(=O)oc2c1. The van der Waals surface area contributed by atoms with E-state index in [2.05, 4.69) is 4.90 Å². The maximum absolute atomic E-state index is 11.9. The van der Waals surface area contributed by atoms with Crippen molar-refractivity contribution in [1.29, 1.82) is 0 Å². The lowest BCUT2D eigenvalue weighted by molar-refractivity contribution is 0.0600. The van der Waals surface area contributed by atoms with Crippen LogP contribution in [0.15, 0.2) is 33.5 Å². The summed E-state index contributed by atoms with van der Waals surface area (Å²) >= 11 is 0. The lowest BCUT2D eigenvalue weighted by Gasteiger charge is -2.34. The van der Waals surface area contributed by atoms with Gasteiger partial charge in [-0.05, 0) is 49.9 Å². The van der Waals surface area contributed by atoms with E-state index in [-0.39, 0.29) is 11.7 Å². The molecule has 1 aromatic heterocycles. The molecule has 0 saturated carbocycles. The van der Waals surface area contributed by atoms with Gasteiger partial charge in [-0.2, -0.15) is 0 Å². The number of fused-ring (bicyclic) bond motifs is 1. The molecule has 0 aliphatic carbocycles. The monoisotopic (exact) mass is 317 g/mol. The van der Waals surface area contributed by atoms with Crippen molar-refractivity contribution < 1.29 is 14.3 Å². The second-order valence-electron chi connectivity index (χ2n) is 6.33. The van der Waals surface area contributed by atoms with Crippen LogP contribution in [0.5, 0.6) is 5.75 Å². The van der Waals surface area contributed by atoms with E-state index in [1.54, 1.807) is 19.2 Å². The molecule has 2 heterocycles. The topological polar surface area (TPSA) is 62.9 Å². The van der Waals surface area contributed by atoms with E-state index in [0.29, 0.717) is 23.8 Å². The number of methoxy groups -OCH3 is 1. The molecule has 0 amide bonds. The molecule has 1 aliphatic rings. The molecule has 0 spiro atoms. The zero-order valence-electron chi connectivity index (χ0n) is 13.6. The third kappa shape index (κ3) is 3.57. The van der Waals surface area contributed by atoms with Gasteiger partial charge in [0.05, 0.1) is 13.2 Å². The van der Waals surface area contributed by atoms with Crippen molar-refractivity contribution in [2.24, 2.45) is 5.92 Å². The Hall–Kier alpha value is -1.85. The molecule has 1 N–H and O–H groups in total. The molecule has 1 aliphatic heterocycles. The van der Waals surface area contributed by atoms with Gasteiger partial charge in [-0.3, -0.25) is 4.90 Å². The van der Waals surface area contributed by atoms with Crippen molar-refractivity contribution in [3.8, 4) is 5.75 Å². The molecule has 1 aromatic carbocycles. The molecule has 3 rings (SSSR count). The molecule has 1 saturated heterocycles. The van der Waals surface area contributed by atoms with Gasteiger partial charge in [-0.1, -0.05) is 0 Å². The minimum atomic E-state index is -0.343. The molecular formula is C18H23NO4. The van der Waals surface area contributed by atoms with Crippen molar-refractivity contribution in [3.05, 3.63) is 40.2 Å². The van der Waals surface area contributed by atoms with Gasteiger partial charge < -0.3 is 14.3 Å². The second kappa shape index (κ2) is 6.72. The quantitative estimate of drug-likeness (QED) is 0.877. The number of piperidine rings is 1. The Morgan fingerprint density at radius 1 is 1.43 bits per heavy atom. The van der Waals surface area contributed by atoms with Crippen LogP contribution in [0.25, 0.3) is 11.0 Å². The fraction of sp³-hybridized carbons (Fsp3) is 0.500. The van der Waals surface area contributed by atoms with Crippen molar-refractivity contribution in [2.45, 2.75) is 32.4 Å². The number of hydrogen-bond donors (Lipinski definition) is 1. The first kappa shape index (κ1) is 16.0. The molecule has 23 heavy (non-hydrogen) atoms. The third-order valence-corrected chi connectivity index (χ3v) is 4.66. The van der Waals surface area contributed by atoms with Crippen LogP contribution in [-0.2, 0) is 6.54 Å². The lowest BCUT2D eigenvalue weighted by Crippen LogP contribution is -2.39. The van der Waals surface area contributed by atoms with E-state index < -0.39 is 0 Å². The molecule has 0 radical (unpaired) electrons. The first-order valence-corrected chi connectivity index (χ1v) is 8.08. The van der Waals surface area contributed by atoms with Crippen molar-refractivity contribution in [2.75, 3.05) is 20.2 Å². The number of aliphatic hydroxyl groups excluding tert-OH is 1. The predicted molar refractivity (Wildman–Crippen MR) is 88.7 cm³/mol. The van der Waals surface area contributed by atoms with Crippen molar-refractivity contribution in [1.82, 2.24) is 4.90 Å². The van der Waals surface area contributed by atoms with Crippen LogP contribution < -0.4 is 10.4 Å². The van der Waals surface area contributed by atoms with E-state index in [4.69, 9.17) is 9.15 Å². The van der Waals surface area contributed by atoms with E-state index in [1.807, 2.05) is 19.1 Å². The summed E-state index contributed by atoms with van der Waals surface area (Å²) in [6.07, 6.45) is 1.84. The molecule has 1 fully saturated rings. The van der Waals surface area contributed by atoms with Crippen LogP contribution >= 0.6 is 0 Å². The smallest absolute Gasteiger partial charge is 0.336 e. The summed E-state index contributed by atoms with van der Waals surface area (Å²) in [6, 6.07) is 7.12. The van der Waals surface area contributed by atoms with Crippen LogP contribution in [0.1, 0.15) is 25.3 Å². The summed E-state index contributed by atoms with van der Waals surface area (Å²) in [5.74, 6) is 0.972. The normalized spacial score (nSPS) is 20.6. The lowest BCUT2D eigenvalue weighted by atomic mass is 9.93. The minimum Gasteiger partial charge on any atom is -0.497 e. The Bertz CT molecular complexity index is 737. The number of likely N-dealkylation sites (tertiary alicyclic amines) is 1. The molecule has 2 unspecified atom stereocenters.